The summed E-state index contributed by atoms with van der Waals surface area (Å²) in [5.74, 6) is -1.78. The quantitative estimate of drug-likeness (QED) is 0.0235. The smallest absolute Gasteiger partial charge is 0.319 e. The van der Waals surface area contributed by atoms with Gasteiger partial charge in [-0.2, -0.15) is 0 Å². The fraction of sp³-hybridized carbons (Fsp3) is 0.800. The first-order chi connectivity index (χ1) is 29.8. The minimum atomic E-state index is -0.979. The van der Waals surface area contributed by atoms with Gasteiger partial charge < -0.3 is 45.9 Å². The zero-order valence-corrected chi connectivity index (χ0v) is 40.1. The number of nitrogens with zero attached hydrogens (tertiary/aromatic N) is 4. The number of aliphatic hydroxyl groups is 1. The Balaban J connectivity index is 2.49. The summed E-state index contributed by atoms with van der Waals surface area (Å²) in [5, 5.41) is 23.0. The molecule has 63 heavy (non-hydrogen) atoms. The van der Waals surface area contributed by atoms with Crippen LogP contribution in [-0.4, -0.2) is 222 Å². The summed E-state index contributed by atoms with van der Waals surface area (Å²) in [7, 11) is 7.01. The lowest BCUT2D eigenvalue weighted by Gasteiger charge is -2.35. The molecular formula is C40H73N9O12S2. The second-order valence-electron chi connectivity index (χ2n) is 16.2. The molecule has 0 aromatic heterocycles. The van der Waals surface area contributed by atoms with E-state index in [4.69, 9.17) is 14.2 Å². The third-order valence-corrected chi connectivity index (χ3v) is 12.7. The van der Waals surface area contributed by atoms with Crippen molar-refractivity contribution >= 4 is 69.0 Å². The standard InChI is InChI=1S/C40H73N9O12S2/c1-9-40(5,38(58)44-22-30(2)50)29-39(3,4)37(57)45-24-32(52)43-23-31(51)41-10-20-62-63-21-11-42-33(53)25-46-12-14-47(26-34(54)59-6)16-18-49(28-36(56)61-8)19-17-48(15-13-46)27-35(55)60-7/h30,50H,9-29H2,1-8H3,(H,41,51)(H,42,53)(H,43,52)(H,44,58)(H,45,57). The Bertz CT molecular complexity index is 1440. The van der Waals surface area contributed by atoms with Gasteiger partial charge in [-0.25, -0.2) is 0 Å². The van der Waals surface area contributed by atoms with E-state index in [9.17, 15) is 43.5 Å². The molecule has 1 fully saturated rings. The second-order valence-corrected chi connectivity index (χ2v) is 18.9. The van der Waals surface area contributed by atoms with Gasteiger partial charge in [-0.15, -0.1) is 0 Å². The minimum absolute atomic E-state index is 0.0458. The van der Waals surface area contributed by atoms with Crippen LogP contribution in [0, 0.1) is 10.8 Å². The van der Waals surface area contributed by atoms with E-state index < -0.39 is 46.7 Å². The zero-order chi connectivity index (χ0) is 47.4. The largest absolute Gasteiger partial charge is 0.468 e. The lowest BCUT2D eigenvalue weighted by atomic mass is 9.71. The van der Waals surface area contributed by atoms with Crippen LogP contribution in [0.3, 0.4) is 0 Å². The number of amides is 5. The van der Waals surface area contributed by atoms with Gasteiger partial charge in [0.1, 0.15) is 0 Å². The van der Waals surface area contributed by atoms with E-state index in [1.807, 2.05) is 26.5 Å². The van der Waals surface area contributed by atoms with Crippen LogP contribution >= 0.6 is 21.6 Å². The maximum Gasteiger partial charge on any atom is 0.319 e. The average molecular weight is 936 g/mol. The molecule has 0 aliphatic carbocycles. The molecule has 0 bridgehead atoms. The van der Waals surface area contributed by atoms with Crippen LogP contribution in [0.15, 0.2) is 0 Å². The maximum atomic E-state index is 13.0. The Morgan fingerprint density at radius 2 is 0.952 bits per heavy atom. The van der Waals surface area contributed by atoms with Crippen molar-refractivity contribution in [1.29, 1.82) is 0 Å². The Morgan fingerprint density at radius 3 is 1.35 bits per heavy atom. The Kier molecular flexibility index (Phi) is 28.4. The third kappa shape index (κ3) is 25.4. The maximum absolute atomic E-state index is 13.0. The fourth-order valence-corrected chi connectivity index (χ4v) is 8.19. The molecule has 0 aromatic carbocycles. The summed E-state index contributed by atoms with van der Waals surface area (Å²) in [6.07, 6.45) is -0.0172. The minimum Gasteiger partial charge on any atom is -0.468 e. The molecule has 0 saturated carbocycles. The van der Waals surface area contributed by atoms with Crippen LogP contribution < -0.4 is 26.6 Å². The Hall–Kier alpha value is -3.74. The predicted molar refractivity (Wildman–Crippen MR) is 240 cm³/mol. The van der Waals surface area contributed by atoms with E-state index in [1.54, 1.807) is 27.7 Å². The molecule has 5 amide bonds. The van der Waals surface area contributed by atoms with Gasteiger partial charge in [0.15, 0.2) is 0 Å². The summed E-state index contributed by atoms with van der Waals surface area (Å²) >= 11 is 0. The van der Waals surface area contributed by atoms with Crippen molar-refractivity contribution in [3.05, 3.63) is 0 Å². The van der Waals surface area contributed by atoms with Crippen LogP contribution in [0.1, 0.15) is 47.5 Å². The van der Waals surface area contributed by atoms with Crippen molar-refractivity contribution in [3.63, 3.8) is 0 Å². The Labute approximate surface area is 380 Å². The van der Waals surface area contributed by atoms with Crippen molar-refractivity contribution in [2.24, 2.45) is 10.8 Å². The number of hydrogen-bond acceptors (Lipinski definition) is 18. The first-order valence-corrected chi connectivity index (χ1v) is 23.6. The van der Waals surface area contributed by atoms with Crippen LogP contribution in [0.2, 0.25) is 0 Å². The van der Waals surface area contributed by atoms with Crippen LogP contribution in [0.5, 0.6) is 0 Å². The van der Waals surface area contributed by atoms with E-state index in [-0.39, 0.29) is 70.0 Å². The van der Waals surface area contributed by atoms with Gasteiger partial charge in [-0.3, -0.25) is 58.0 Å². The summed E-state index contributed by atoms with van der Waals surface area (Å²) in [4.78, 5) is 108. The topological polar surface area (TPSA) is 258 Å². The SMILES string of the molecule is CCC(C)(CC(C)(C)C(=O)NCC(=O)NCC(=O)NCCSSCCNC(=O)CN1CCN(CC(=O)OC)CCN(CC(=O)OC)CCN(CC(=O)OC)CC1)C(=O)NCC(C)O. The number of carbonyl (C=O) groups is 8. The van der Waals surface area contributed by atoms with E-state index in [0.717, 1.165) is 0 Å². The number of hydrogen-bond donors (Lipinski definition) is 6. The van der Waals surface area contributed by atoms with Gasteiger partial charge in [-0.05, 0) is 19.8 Å². The highest BCUT2D eigenvalue weighted by Crippen LogP contribution is 2.37. The van der Waals surface area contributed by atoms with Gasteiger partial charge in [0.25, 0.3) is 0 Å². The van der Waals surface area contributed by atoms with Crippen molar-refractivity contribution in [1.82, 2.24) is 46.2 Å². The summed E-state index contributed by atoms with van der Waals surface area (Å²) in [5.41, 5.74) is -1.84. The van der Waals surface area contributed by atoms with E-state index >= 15 is 0 Å². The average Bonchev–Trinajstić information content (AvgIpc) is 3.24. The van der Waals surface area contributed by atoms with Crippen molar-refractivity contribution in [3.8, 4) is 0 Å². The van der Waals surface area contributed by atoms with Crippen molar-refractivity contribution < 1.29 is 57.7 Å². The zero-order valence-electron chi connectivity index (χ0n) is 38.5. The molecule has 1 heterocycles. The molecular weight excluding hydrogens is 863 g/mol. The number of nitrogens with one attached hydrogen (secondary N) is 5. The molecule has 1 rings (SSSR count). The molecule has 2 unspecified atom stereocenters. The third-order valence-electron chi connectivity index (χ3n) is 10.3. The fourth-order valence-electron chi connectivity index (χ4n) is 6.37. The van der Waals surface area contributed by atoms with Crippen LogP contribution in [0.4, 0.5) is 0 Å². The summed E-state index contributed by atoms with van der Waals surface area (Å²) < 4.78 is 14.6. The molecule has 0 aromatic rings. The number of ether oxygens (including phenoxy) is 3. The normalized spacial score (nSPS) is 16.5. The lowest BCUT2D eigenvalue weighted by molar-refractivity contribution is -0.144. The van der Waals surface area contributed by atoms with Crippen molar-refractivity contribution in [2.75, 3.05) is 144 Å². The number of aliphatic hydroxyl groups excluding tert-OH is 1. The molecule has 1 saturated heterocycles. The van der Waals surface area contributed by atoms with Gasteiger partial charge in [0, 0.05) is 94.3 Å². The van der Waals surface area contributed by atoms with Crippen LogP contribution in [-0.2, 0) is 52.6 Å². The molecule has 23 heteroatoms. The number of methoxy groups -OCH3 is 3. The molecule has 0 radical (unpaired) electrons. The van der Waals surface area contributed by atoms with Gasteiger partial charge in [0.2, 0.25) is 29.5 Å². The van der Waals surface area contributed by atoms with Gasteiger partial charge in [0.05, 0.1) is 66.7 Å². The van der Waals surface area contributed by atoms with E-state index in [1.165, 1.54) is 42.9 Å². The number of rotatable bonds is 26. The van der Waals surface area contributed by atoms with E-state index in [0.29, 0.717) is 83.4 Å². The van der Waals surface area contributed by atoms with Gasteiger partial charge in [-0.1, -0.05) is 49.3 Å². The molecule has 1 aliphatic rings. The highest BCUT2D eigenvalue weighted by Gasteiger charge is 2.41. The second kappa shape index (κ2) is 31.2. The summed E-state index contributed by atoms with van der Waals surface area (Å²) in [6, 6.07) is 0. The predicted octanol–water partition coefficient (Wildman–Crippen LogP) is -2.10. The molecule has 0 spiro atoms. The Morgan fingerprint density at radius 1 is 0.571 bits per heavy atom. The van der Waals surface area contributed by atoms with Gasteiger partial charge >= 0.3 is 17.9 Å². The first kappa shape index (κ1) is 57.3. The molecule has 6 N–H and O–H groups in total. The monoisotopic (exact) mass is 935 g/mol. The highest BCUT2D eigenvalue weighted by atomic mass is 33.1. The van der Waals surface area contributed by atoms with Crippen LogP contribution in [0.25, 0.3) is 0 Å². The number of carbonyl (C=O) groups excluding carboxylic acids is 8. The summed E-state index contributed by atoms with van der Waals surface area (Å²) in [6.45, 7) is 12.7. The highest BCUT2D eigenvalue weighted by molar-refractivity contribution is 8.76. The molecule has 2 atom stereocenters. The molecule has 1 aliphatic heterocycles. The van der Waals surface area contributed by atoms with Crippen molar-refractivity contribution in [2.45, 2.75) is 53.6 Å². The van der Waals surface area contributed by atoms with E-state index in [2.05, 4.69) is 26.6 Å². The molecule has 21 nitrogen and oxygen atoms in total. The number of esters is 3. The first-order valence-electron chi connectivity index (χ1n) is 21.2. The molecule has 362 valence electrons. The lowest BCUT2D eigenvalue weighted by Crippen LogP contribution is -2.50.